The molecule has 1 heterocycles. The van der Waals surface area contributed by atoms with E-state index >= 15 is 0 Å². The predicted molar refractivity (Wildman–Crippen MR) is 64.8 cm³/mol. The number of aromatic nitrogens is 2. The monoisotopic (exact) mass is 277 g/mol. The molecule has 0 unspecified atom stereocenters. The normalized spacial score (nSPS) is 11.9. The van der Waals surface area contributed by atoms with E-state index in [0.29, 0.717) is 12.6 Å². The zero-order chi connectivity index (χ0) is 14.3. The molecule has 0 saturated heterocycles. The fourth-order valence-electron chi connectivity index (χ4n) is 1.27. The third kappa shape index (κ3) is 7.61. The minimum atomic E-state index is -4.14. The highest BCUT2D eigenvalue weighted by molar-refractivity contribution is 5.07. The summed E-state index contributed by atoms with van der Waals surface area (Å²) in [7, 11) is 0. The summed E-state index contributed by atoms with van der Waals surface area (Å²) in [5.41, 5.74) is 0.761. The Morgan fingerprint density at radius 3 is 2.53 bits per heavy atom. The van der Waals surface area contributed by atoms with E-state index in [1.54, 1.807) is 6.20 Å². The number of hydrogen-bond donors (Lipinski definition) is 1. The van der Waals surface area contributed by atoms with E-state index in [-0.39, 0.29) is 18.9 Å². The number of ether oxygens (including phenoxy) is 1. The highest BCUT2D eigenvalue weighted by Gasteiger charge is 2.26. The average Bonchev–Trinajstić information content (AvgIpc) is 2.32. The van der Waals surface area contributed by atoms with Crippen molar-refractivity contribution in [1.29, 1.82) is 0 Å². The highest BCUT2D eigenvalue weighted by atomic mass is 19.4. The molecule has 0 saturated carbocycles. The molecule has 0 spiro atoms. The molecule has 0 bridgehead atoms. The largest absolute Gasteiger partial charge is 0.477 e. The van der Waals surface area contributed by atoms with E-state index in [1.165, 1.54) is 6.20 Å². The Bertz CT molecular complexity index is 365. The van der Waals surface area contributed by atoms with Crippen molar-refractivity contribution in [2.45, 2.75) is 45.5 Å². The second kappa shape index (κ2) is 7.28. The molecule has 7 heteroatoms. The van der Waals surface area contributed by atoms with E-state index in [9.17, 15) is 13.2 Å². The van der Waals surface area contributed by atoms with Gasteiger partial charge in [-0.3, -0.25) is 4.98 Å². The van der Waals surface area contributed by atoms with Crippen molar-refractivity contribution < 1.29 is 17.9 Å². The molecule has 108 valence electrons. The average molecular weight is 277 g/mol. The van der Waals surface area contributed by atoms with Gasteiger partial charge in [0.1, 0.15) is 0 Å². The van der Waals surface area contributed by atoms with Crippen LogP contribution in [0.1, 0.15) is 32.4 Å². The Labute approximate surface area is 110 Å². The van der Waals surface area contributed by atoms with Crippen LogP contribution in [0.2, 0.25) is 0 Å². The summed E-state index contributed by atoms with van der Waals surface area (Å²) >= 11 is 0. The number of rotatable bonds is 7. The van der Waals surface area contributed by atoms with Gasteiger partial charge in [0.15, 0.2) is 0 Å². The Balaban J connectivity index is 2.28. The van der Waals surface area contributed by atoms with Crippen LogP contribution in [-0.2, 0) is 6.54 Å². The Morgan fingerprint density at radius 2 is 2.00 bits per heavy atom. The third-order valence-electron chi connectivity index (χ3n) is 2.23. The molecule has 0 aliphatic carbocycles. The molecule has 0 aromatic carbocycles. The summed E-state index contributed by atoms with van der Waals surface area (Å²) < 4.78 is 40.8. The number of halogens is 3. The maximum atomic E-state index is 11.9. The quantitative estimate of drug-likeness (QED) is 0.778. The van der Waals surface area contributed by atoms with Gasteiger partial charge in [-0.05, 0) is 6.42 Å². The molecule has 0 radical (unpaired) electrons. The summed E-state index contributed by atoms with van der Waals surface area (Å²) in [5, 5.41) is 3.18. The van der Waals surface area contributed by atoms with Gasteiger partial charge in [-0.15, -0.1) is 0 Å². The van der Waals surface area contributed by atoms with Crippen LogP contribution in [0.4, 0.5) is 13.2 Å². The van der Waals surface area contributed by atoms with Gasteiger partial charge in [0, 0.05) is 19.0 Å². The van der Waals surface area contributed by atoms with Crippen LogP contribution in [0.5, 0.6) is 5.88 Å². The van der Waals surface area contributed by atoms with Crippen LogP contribution < -0.4 is 10.1 Å². The van der Waals surface area contributed by atoms with Gasteiger partial charge < -0.3 is 10.1 Å². The minimum Gasteiger partial charge on any atom is -0.477 e. The molecule has 0 atom stereocenters. The van der Waals surface area contributed by atoms with Gasteiger partial charge in [0.05, 0.1) is 24.7 Å². The van der Waals surface area contributed by atoms with Crippen molar-refractivity contribution in [2.24, 2.45) is 0 Å². The molecule has 0 aliphatic rings. The van der Waals surface area contributed by atoms with Gasteiger partial charge in [0.25, 0.3) is 0 Å². The lowest BCUT2D eigenvalue weighted by Crippen LogP contribution is -2.22. The standard InChI is InChI=1S/C12H18F3N3O/c1-9(2)16-6-10-7-18-11(8-17-10)19-5-3-4-12(13,14)15/h7-9,16H,3-6H2,1-2H3. The molecular weight excluding hydrogens is 259 g/mol. The second-order valence-electron chi connectivity index (χ2n) is 4.45. The Morgan fingerprint density at radius 1 is 1.26 bits per heavy atom. The second-order valence-corrected chi connectivity index (χ2v) is 4.45. The van der Waals surface area contributed by atoms with Crippen LogP contribution in [0, 0.1) is 0 Å². The van der Waals surface area contributed by atoms with Gasteiger partial charge in [-0.25, -0.2) is 4.98 Å². The van der Waals surface area contributed by atoms with Crippen LogP contribution in [-0.4, -0.2) is 28.8 Å². The molecule has 4 nitrogen and oxygen atoms in total. The molecule has 1 aromatic heterocycles. The van der Waals surface area contributed by atoms with E-state index in [0.717, 1.165) is 5.69 Å². The molecule has 19 heavy (non-hydrogen) atoms. The third-order valence-corrected chi connectivity index (χ3v) is 2.23. The zero-order valence-electron chi connectivity index (χ0n) is 11.0. The summed E-state index contributed by atoms with van der Waals surface area (Å²) in [5.74, 6) is 0.246. The molecular formula is C12H18F3N3O. The van der Waals surface area contributed by atoms with E-state index < -0.39 is 12.6 Å². The Hall–Kier alpha value is -1.37. The lowest BCUT2D eigenvalue weighted by Gasteiger charge is -2.09. The number of nitrogens with one attached hydrogen (secondary N) is 1. The topological polar surface area (TPSA) is 47.0 Å². The fraction of sp³-hybridized carbons (Fsp3) is 0.667. The van der Waals surface area contributed by atoms with Crippen molar-refractivity contribution in [3.63, 3.8) is 0 Å². The van der Waals surface area contributed by atoms with Crippen LogP contribution >= 0.6 is 0 Å². The first kappa shape index (κ1) is 15.7. The molecule has 1 aromatic rings. The number of nitrogens with zero attached hydrogens (tertiary/aromatic N) is 2. The summed E-state index contributed by atoms with van der Waals surface area (Å²) in [6, 6.07) is 0.347. The molecule has 0 fully saturated rings. The van der Waals surface area contributed by atoms with E-state index in [4.69, 9.17) is 4.74 Å². The zero-order valence-corrected chi connectivity index (χ0v) is 11.0. The maximum absolute atomic E-state index is 11.9. The first-order valence-electron chi connectivity index (χ1n) is 6.10. The molecule has 1 rings (SSSR count). The predicted octanol–water partition coefficient (Wildman–Crippen LogP) is 2.70. The van der Waals surface area contributed by atoms with Crippen molar-refractivity contribution in [2.75, 3.05) is 6.61 Å². The lowest BCUT2D eigenvalue weighted by molar-refractivity contribution is -0.136. The van der Waals surface area contributed by atoms with E-state index in [2.05, 4.69) is 15.3 Å². The molecule has 0 amide bonds. The Kier molecular flexibility index (Phi) is 6.01. The van der Waals surface area contributed by atoms with Gasteiger partial charge in [0.2, 0.25) is 5.88 Å². The molecule has 1 N–H and O–H groups in total. The highest BCUT2D eigenvalue weighted by Crippen LogP contribution is 2.21. The van der Waals surface area contributed by atoms with Crippen molar-refractivity contribution in [3.8, 4) is 5.88 Å². The van der Waals surface area contributed by atoms with Crippen molar-refractivity contribution >= 4 is 0 Å². The number of alkyl halides is 3. The SMILES string of the molecule is CC(C)NCc1cnc(OCCCC(F)(F)F)cn1. The van der Waals surface area contributed by atoms with E-state index in [1.807, 2.05) is 13.8 Å². The van der Waals surface area contributed by atoms with Crippen molar-refractivity contribution in [3.05, 3.63) is 18.1 Å². The minimum absolute atomic E-state index is 0.0161. The fourth-order valence-corrected chi connectivity index (χ4v) is 1.27. The molecule has 0 aliphatic heterocycles. The first-order valence-corrected chi connectivity index (χ1v) is 6.10. The van der Waals surface area contributed by atoms with Crippen LogP contribution in [0.25, 0.3) is 0 Å². The van der Waals surface area contributed by atoms with Crippen LogP contribution in [0.15, 0.2) is 12.4 Å². The summed E-state index contributed by atoms with van der Waals surface area (Å²) in [6.07, 6.45) is -2.10. The maximum Gasteiger partial charge on any atom is 0.389 e. The van der Waals surface area contributed by atoms with Gasteiger partial charge in [-0.2, -0.15) is 13.2 Å². The van der Waals surface area contributed by atoms with Crippen molar-refractivity contribution in [1.82, 2.24) is 15.3 Å². The van der Waals surface area contributed by atoms with Gasteiger partial charge in [-0.1, -0.05) is 13.8 Å². The smallest absolute Gasteiger partial charge is 0.389 e. The summed E-state index contributed by atoms with van der Waals surface area (Å²) in [6.45, 7) is 4.62. The summed E-state index contributed by atoms with van der Waals surface area (Å²) in [4.78, 5) is 8.09. The van der Waals surface area contributed by atoms with Gasteiger partial charge >= 0.3 is 6.18 Å². The van der Waals surface area contributed by atoms with Crippen LogP contribution in [0.3, 0.4) is 0 Å². The number of hydrogen-bond acceptors (Lipinski definition) is 4. The first-order chi connectivity index (χ1) is 8.87. The lowest BCUT2D eigenvalue weighted by atomic mass is 10.3.